The van der Waals surface area contributed by atoms with Crippen LogP contribution in [0.3, 0.4) is 0 Å². The number of hydrogen-bond acceptors (Lipinski definition) is 6. The summed E-state index contributed by atoms with van der Waals surface area (Å²) in [6, 6.07) is 3.17. The Morgan fingerprint density at radius 2 is 2.32 bits per heavy atom. The number of hydrogen-bond donors (Lipinski definition) is 1. The maximum absolute atomic E-state index is 11.5. The summed E-state index contributed by atoms with van der Waals surface area (Å²) < 4.78 is 32.8. The summed E-state index contributed by atoms with van der Waals surface area (Å²) in [4.78, 5) is 11.2. The molecular formula is C12H17NO5S. The average molecular weight is 287 g/mol. The number of nitrogens with one attached hydrogen (secondary N) is 1. The minimum absolute atomic E-state index is 0.0505. The van der Waals surface area contributed by atoms with Gasteiger partial charge in [-0.05, 0) is 25.0 Å². The van der Waals surface area contributed by atoms with Crippen molar-refractivity contribution in [2.24, 2.45) is 0 Å². The maximum Gasteiger partial charge on any atom is 0.373 e. The van der Waals surface area contributed by atoms with E-state index in [-0.39, 0.29) is 23.3 Å². The van der Waals surface area contributed by atoms with Crippen LogP contribution in [0.1, 0.15) is 29.2 Å². The van der Waals surface area contributed by atoms with E-state index < -0.39 is 15.8 Å². The fourth-order valence-electron chi connectivity index (χ4n) is 2.11. The minimum atomic E-state index is -2.92. The van der Waals surface area contributed by atoms with Crippen molar-refractivity contribution in [3.8, 4) is 0 Å². The molecule has 0 saturated carbocycles. The lowest BCUT2D eigenvalue weighted by molar-refractivity contribution is 0.0563. The SMILES string of the molecule is COC(=O)c1ccc(CNC2CCCS(=O)(=O)C2)o1. The van der Waals surface area contributed by atoms with Gasteiger partial charge in [0.2, 0.25) is 5.76 Å². The highest BCUT2D eigenvalue weighted by molar-refractivity contribution is 7.91. The monoisotopic (exact) mass is 287 g/mol. The predicted molar refractivity (Wildman–Crippen MR) is 68.6 cm³/mol. The smallest absolute Gasteiger partial charge is 0.373 e. The van der Waals surface area contributed by atoms with Crippen molar-refractivity contribution in [3.05, 3.63) is 23.7 Å². The lowest BCUT2D eigenvalue weighted by Gasteiger charge is -2.22. The third-order valence-electron chi connectivity index (χ3n) is 3.08. The van der Waals surface area contributed by atoms with Crippen LogP contribution in [-0.2, 0) is 21.1 Å². The molecular weight excluding hydrogens is 270 g/mol. The molecule has 0 spiro atoms. The first-order valence-electron chi connectivity index (χ1n) is 6.11. The molecule has 2 heterocycles. The fourth-order valence-corrected chi connectivity index (χ4v) is 3.78. The summed E-state index contributed by atoms with van der Waals surface area (Å²) in [7, 11) is -1.63. The Kier molecular flexibility index (Phi) is 4.26. The van der Waals surface area contributed by atoms with E-state index in [4.69, 9.17) is 4.42 Å². The van der Waals surface area contributed by atoms with Gasteiger partial charge in [0.1, 0.15) is 5.76 Å². The molecule has 106 valence electrons. The standard InChI is InChI=1S/C12H17NO5S/c1-17-12(14)11-5-4-10(18-11)7-13-9-3-2-6-19(15,16)8-9/h4-5,9,13H,2-3,6-8H2,1H3. The second-order valence-corrected chi connectivity index (χ2v) is 6.82. The summed E-state index contributed by atoms with van der Waals surface area (Å²) in [5.41, 5.74) is 0. The molecule has 1 unspecified atom stereocenters. The predicted octanol–water partition coefficient (Wildman–Crippen LogP) is 0.733. The molecule has 0 amide bonds. The van der Waals surface area contributed by atoms with E-state index in [9.17, 15) is 13.2 Å². The van der Waals surface area contributed by atoms with Crippen LogP contribution in [-0.4, -0.2) is 39.0 Å². The van der Waals surface area contributed by atoms with E-state index in [0.717, 1.165) is 6.42 Å². The summed E-state index contributed by atoms with van der Waals surface area (Å²) in [5.74, 6) is 0.654. The third-order valence-corrected chi connectivity index (χ3v) is 4.90. The molecule has 6 nitrogen and oxygen atoms in total. The van der Waals surface area contributed by atoms with Crippen LogP contribution in [0.2, 0.25) is 0 Å². The van der Waals surface area contributed by atoms with Gasteiger partial charge < -0.3 is 14.5 Å². The van der Waals surface area contributed by atoms with E-state index >= 15 is 0 Å². The molecule has 0 aliphatic carbocycles. The highest BCUT2D eigenvalue weighted by atomic mass is 32.2. The zero-order valence-electron chi connectivity index (χ0n) is 10.7. The van der Waals surface area contributed by atoms with E-state index in [0.29, 0.717) is 18.7 Å². The Morgan fingerprint density at radius 1 is 1.53 bits per heavy atom. The molecule has 0 aromatic carbocycles. The normalized spacial score (nSPS) is 22.1. The van der Waals surface area contributed by atoms with Crippen molar-refractivity contribution in [2.45, 2.75) is 25.4 Å². The number of ether oxygens (including phenoxy) is 1. The zero-order chi connectivity index (χ0) is 13.9. The van der Waals surface area contributed by atoms with Crippen molar-refractivity contribution >= 4 is 15.8 Å². The summed E-state index contributed by atoms with van der Waals surface area (Å²) >= 11 is 0. The number of esters is 1. The van der Waals surface area contributed by atoms with Crippen LogP contribution in [0.4, 0.5) is 0 Å². The molecule has 1 atom stereocenters. The van der Waals surface area contributed by atoms with E-state index in [1.54, 1.807) is 12.1 Å². The topological polar surface area (TPSA) is 85.6 Å². The van der Waals surface area contributed by atoms with Crippen LogP contribution in [0, 0.1) is 0 Å². The number of rotatable bonds is 4. The van der Waals surface area contributed by atoms with E-state index in [2.05, 4.69) is 10.1 Å². The molecule has 0 radical (unpaired) electrons. The van der Waals surface area contributed by atoms with Gasteiger partial charge in [-0.15, -0.1) is 0 Å². The number of carbonyl (C=O) groups is 1. The molecule has 1 saturated heterocycles. The minimum Gasteiger partial charge on any atom is -0.463 e. The lowest BCUT2D eigenvalue weighted by atomic mass is 10.2. The highest BCUT2D eigenvalue weighted by Gasteiger charge is 2.24. The van der Waals surface area contributed by atoms with Crippen molar-refractivity contribution in [3.63, 3.8) is 0 Å². The molecule has 1 aliphatic heterocycles. The lowest BCUT2D eigenvalue weighted by Crippen LogP contribution is -2.39. The Bertz CT molecular complexity index is 548. The van der Waals surface area contributed by atoms with Gasteiger partial charge in [-0.2, -0.15) is 0 Å². The largest absolute Gasteiger partial charge is 0.463 e. The highest BCUT2D eigenvalue weighted by Crippen LogP contribution is 2.14. The van der Waals surface area contributed by atoms with Gasteiger partial charge in [0, 0.05) is 6.04 Å². The summed E-state index contributed by atoms with van der Waals surface area (Å²) in [6.45, 7) is 0.400. The van der Waals surface area contributed by atoms with Gasteiger partial charge in [0.05, 0.1) is 25.2 Å². The van der Waals surface area contributed by atoms with E-state index in [1.165, 1.54) is 7.11 Å². The second kappa shape index (κ2) is 5.75. The van der Waals surface area contributed by atoms with Crippen molar-refractivity contribution in [1.82, 2.24) is 5.32 Å². The molecule has 1 aromatic rings. The van der Waals surface area contributed by atoms with Gasteiger partial charge in [-0.25, -0.2) is 13.2 Å². The maximum atomic E-state index is 11.5. The Hall–Kier alpha value is -1.34. The Labute approximate surface area is 112 Å². The van der Waals surface area contributed by atoms with E-state index in [1.807, 2.05) is 0 Å². The van der Waals surface area contributed by atoms with Gasteiger partial charge in [0.25, 0.3) is 0 Å². The molecule has 1 aliphatic rings. The molecule has 7 heteroatoms. The molecule has 19 heavy (non-hydrogen) atoms. The van der Waals surface area contributed by atoms with Crippen molar-refractivity contribution in [1.29, 1.82) is 0 Å². The van der Waals surface area contributed by atoms with Gasteiger partial charge >= 0.3 is 5.97 Å². The fraction of sp³-hybridized carbons (Fsp3) is 0.583. The molecule has 0 bridgehead atoms. The second-order valence-electron chi connectivity index (χ2n) is 4.59. The summed E-state index contributed by atoms with van der Waals surface area (Å²) in [5, 5.41) is 3.14. The first-order valence-corrected chi connectivity index (χ1v) is 7.93. The van der Waals surface area contributed by atoms with Crippen molar-refractivity contribution < 1.29 is 22.4 Å². The molecule has 2 rings (SSSR count). The Morgan fingerprint density at radius 3 is 3.00 bits per heavy atom. The van der Waals surface area contributed by atoms with Crippen LogP contribution >= 0.6 is 0 Å². The number of methoxy groups -OCH3 is 1. The average Bonchev–Trinajstić information content (AvgIpc) is 2.83. The first-order chi connectivity index (χ1) is 9.00. The molecule has 1 fully saturated rings. The quantitative estimate of drug-likeness (QED) is 0.822. The number of furan rings is 1. The van der Waals surface area contributed by atoms with Gasteiger partial charge in [-0.3, -0.25) is 0 Å². The Balaban J connectivity index is 1.88. The van der Waals surface area contributed by atoms with Gasteiger partial charge in [-0.1, -0.05) is 0 Å². The van der Waals surface area contributed by atoms with Gasteiger partial charge in [0.15, 0.2) is 9.84 Å². The van der Waals surface area contributed by atoms with Crippen LogP contribution in [0.25, 0.3) is 0 Å². The molecule has 1 aromatic heterocycles. The third kappa shape index (κ3) is 3.81. The number of carbonyl (C=O) groups excluding carboxylic acids is 1. The zero-order valence-corrected chi connectivity index (χ0v) is 11.5. The van der Waals surface area contributed by atoms with Crippen LogP contribution in [0.15, 0.2) is 16.5 Å². The summed E-state index contributed by atoms with van der Waals surface area (Å²) in [6.07, 6.45) is 1.52. The number of sulfone groups is 1. The van der Waals surface area contributed by atoms with Crippen LogP contribution in [0.5, 0.6) is 0 Å². The van der Waals surface area contributed by atoms with Crippen LogP contribution < -0.4 is 5.32 Å². The first kappa shape index (κ1) is 14.1. The molecule has 1 N–H and O–H groups in total. The van der Waals surface area contributed by atoms with Crippen molar-refractivity contribution in [2.75, 3.05) is 18.6 Å².